The van der Waals surface area contributed by atoms with E-state index in [1.165, 1.54) is 0 Å². The molecule has 2 aromatic rings. The van der Waals surface area contributed by atoms with Gasteiger partial charge in [-0.25, -0.2) is 0 Å². The Morgan fingerprint density at radius 1 is 1.05 bits per heavy atom. The summed E-state index contributed by atoms with van der Waals surface area (Å²) in [5.74, 6) is 1.98. The van der Waals surface area contributed by atoms with Crippen LogP contribution in [0.5, 0.6) is 17.2 Å². The minimum Gasteiger partial charge on any atom is -0.508 e. The first-order valence-electron chi connectivity index (χ1n) is 6.46. The summed E-state index contributed by atoms with van der Waals surface area (Å²) in [4.78, 5) is 0. The summed E-state index contributed by atoms with van der Waals surface area (Å²) < 4.78 is 11.4. The summed E-state index contributed by atoms with van der Waals surface area (Å²) in [6, 6.07) is 12.6. The maximum atomic E-state index is 9.26. The summed E-state index contributed by atoms with van der Waals surface area (Å²) in [5.41, 5.74) is 1.87. The zero-order chi connectivity index (χ0) is 14.4. The minimum atomic E-state index is 0.241. The van der Waals surface area contributed by atoms with Crippen molar-refractivity contribution in [3.8, 4) is 17.2 Å². The van der Waals surface area contributed by atoms with Crippen molar-refractivity contribution in [3.05, 3.63) is 53.6 Å². The third-order valence-electron chi connectivity index (χ3n) is 2.82. The highest BCUT2D eigenvalue weighted by molar-refractivity contribution is 6.17. The lowest BCUT2D eigenvalue weighted by Crippen LogP contribution is -2.02. The van der Waals surface area contributed by atoms with Gasteiger partial charge in [-0.3, -0.25) is 0 Å². The number of halogens is 1. The smallest absolute Gasteiger partial charge is 0.166 e. The van der Waals surface area contributed by atoms with E-state index in [4.69, 9.17) is 21.1 Å². The number of alkyl halides is 1. The zero-order valence-electron chi connectivity index (χ0n) is 11.3. The van der Waals surface area contributed by atoms with Crippen molar-refractivity contribution < 1.29 is 14.6 Å². The lowest BCUT2D eigenvalue weighted by Gasteiger charge is -2.15. The van der Waals surface area contributed by atoms with Crippen LogP contribution in [0, 0.1) is 0 Å². The molecule has 20 heavy (non-hydrogen) atoms. The van der Waals surface area contributed by atoms with Crippen molar-refractivity contribution in [1.82, 2.24) is 0 Å². The monoisotopic (exact) mass is 292 g/mol. The van der Waals surface area contributed by atoms with Crippen LogP contribution in [0.1, 0.15) is 18.1 Å². The first kappa shape index (κ1) is 14.5. The van der Waals surface area contributed by atoms with Crippen LogP contribution in [0.15, 0.2) is 42.5 Å². The van der Waals surface area contributed by atoms with Crippen molar-refractivity contribution >= 4 is 11.6 Å². The SMILES string of the molecule is CCOc1cccc(CCl)c1OCc1ccc(O)cc1. The Bertz CT molecular complexity index is 552. The van der Waals surface area contributed by atoms with E-state index in [1.54, 1.807) is 12.1 Å². The highest BCUT2D eigenvalue weighted by Gasteiger charge is 2.10. The van der Waals surface area contributed by atoms with Crippen molar-refractivity contribution in [2.45, 2.75) is 19.4 Å². The molecule has 0 amide bonds. The highest BCUT2D eigenvalue weighted by Crippen LogP contribution is 2.33. The molecular formula is C16H17ClO3. The van der Waals surface area contributed by atoms with E-state index in [9.17, 15) is 5.11 Å². The van der Waals surface area contributed by atoms with E-state index in [1.807, 2.05) is 37.3 Å². The molecule has 4 heteroatoms. The fourth-order valence-corrected chi connectivity index (χ4v) is 2.06. The first-order valence-corrected chi connectivity index (χ1v) is 6.99. The van der Waals surface area contributed by atoms with Gasteiger partial charge in [-0.15, -0.1) is 11.6 Å². The molecule has 0 aliphatic carbocycles. The molecule has 106 valence electrons. The molecule has 0 aromatic heterocycles. The quantitative estimate of drug-likeness (QED) is 0.814. The van der Waals surface area contributed by atoms with Crippen LogP contribution in [0.4, 0.5) is 0 Å². The molecule has 0 spiro atoms. The molecule has 0 aliphatic heterocycles. The van der Waals surface area contributed by atoms with Crippen molar-refractivity contribution in [3.63, 3.8) is 0 Å². The molecule has 0 aliphatic rings. The van der Waals surface area contributed by atoms with Crippen LogP contribution < -0.4 is 9.47 Å². The van der Waals surface area contributed by atoms with E-state index in [-0.39, 0.29) is 5.75 Å². The standard InChI is InChI=1S/C16H17ClO3/c1-2-19-15-5-3-4-13(10-17)16(15)20-11-12-6-8-14(18)9-7-12/h3-9,18H,2,10-11H2,1H3. The topological polar surface area (TPSA) is 38.7 Å². The molecule has 0 saturated heterocycles. The van der Waals surface area contributed by atoms with E-state index >= 15 is 0 Å². The van der Waals surface area contributed by atoms with E-state index < -0.39 is 0 Å². The van der Waals surface area contributed by atoms with Gasteiger partial charge in [-0.1, -0.05) is 24.3 Å². The lowest BCUT2D eigenvalue weighted by molar-refractivity contribution is 0.267. The number of ether oxygens (including phenoxy) is 2. The Labute approximate surface area is 123 Å². The number of phenolic OH excluding ortho intramolecular Hbond substituents is 1. The van der Waals surface area contributed by atoms with Gasteiger partial charge in [0.2, 0.25) is 0 Å². The molecule has 0 bridgehead atoms. The molecule has 1 N–H and O–H groups in total. The van der Waals surface area contributed by atoms with Crippen LogP contribution in [-0.4, -0.2) is 11.7 Å². The summed E-state index contributed by atoms with van der Waals surface area (Å²) in [6.45, 7) is 2.90. The third kappa shape index (κ3) is 3.58. The van der Waals surface area contributed by atoms with Crippen LogP contribution in [0.25, 0.3) is 0 Å². The number of hydrogen-bond donors (Lipinski definition) is 1. The Kier molecular flexibility index (Phi) is 5.13. The first-order chi connectivity index (χ1) is 9.74. The van der Waals surface area contributed by atoms with E-state index in [2.05, 4.69) is 0 Å². The van der Waals surface area contributed by atoms with Crippen LogP contribution >= 0.6 is 11.6 Å². The van der Waals surface area contributed by atoms with Gasteiger partial charge in [-0.05, 0) is 30.7 Å². The predicted octanol–water partition coefficient (Wildman–Crippen LogP) is 4.11. The van der Waals surface area contributed by atoms with Crippen LogP contribution in [0.3, 0.4) is 0 Å². The maximum absolute atomic E-state index is 9.26. The Morgan fingerprint density at radius 2 is 1.80 bits per heavy atom. The molecule has 0 saturated carbocycles. The van der Waals surface area contributed by atoms with Crippen molar-refractivity contribution in [2.75, 3.05) is 6.61 Å². The van der Waals surface area contributed by atoms with Gasteiger partial charge in [0.05, 0.1) is 12.5 Å². The molecule has 2 aromatic carbocycles. The Morgan fingerprint density at radius 3 is 2.45 bits per heavy atom. The zero-order valence-corrected chi connectivity index (χ0v) is 12.1. The van der Waals surface area contributed by atoms with Crippen molar-refractivity contribution in [1.29, 1.82) is 0 Å². The maximum Gasteiger partial charge on any atom is 0.166 e. The van der Waals surface area contributed by atoms with Crippen LogP contribution in [-0.2, 0) is 12.5 Å². The lowest BCUT2D eigenvalue weighted by atomic mass is 10.2. The number of benzene rings is 2. The summed E-state index contributed by atoms with van der Waals surface area (Å²) in [7, 11) is 0. The molecule has 0 heterocycles. The second kappa shape index (κ2) is 7.06. The average molecular weight is 293 g/mol. The molecule has 0 fully saturated rings. The molecule has 0 radical (unpaired) electrons. The number of aromatic hydroxyl groups is 1. The average Bonchev–Trinajstić information content (AvgIpc) is 2.47. The van der Waals surface area contributed by atoms with E-state index in [0.29, 0.717) is 30.6 Å². The van der Waals surface area contributed by atoms with Gasteiger partial charge in [0.25, 0.3) is 0 Å². The van der Waals surface area contributed by atoms with Gasteiger partial charge in [0, 0.05) is 5.56 Å². The molecule has 0 unspecified atom stereocenters. The fourth-order valence-electron chi connectivity index (χ4n) is 1.85. The van der Waals surface area contributed by atoms with E-state index in [0.717, 1.165) is 11.1 Å². The predicted molar refractivity (Wildman–Crippen MR) is 79.6 cm³/mol. The van der Waals surface area contributed by atoms with Gasteiger partial charge < -0.3 is 14.6 Å². The van der Waals surface area contributed by atoms with Gasteiger partial charge >= 0.3 is 0 Å². The second-order valence-electron chi connectivity index (χ2n) is 4.27. The number of phenols is 1. The van der Waals surface area contributed by atoms with Gasteiger partial charge in [-0.2, -0.15) is 0 Å². The number of hydrogen-bond acceptors (Lipinski definition) is 3. The molecule has 0 atom stereocenters. The summed E-state index contributed by atoms with van der Waals surface area (Å²) in [5, 5.41) is 9.26. The Hall–Kier alpha value is -1.87. The summed E-state index contributed by atoms with van der Waals surface area (Å²) >= 11 is 5.94. The molecule has 2 rings (SSSR count). The number of rotatable bonds is 6. The van der Waals surface area contributed by atoms with Crippen molar-refractivity contribution in [2.24, 2.45) is 0 Å². The van der Waals surface area contributed by atoms with Gasteiger partial charge in [0.15, 0.2) is 11.5 Å². The summed E-state index contributed by atoms with van der Waals surface area (Å²) in [6.07, 6.45) is 0. The normalized spacial score (nSPS) is 10.3. The second-order valence-corrected chi connectivity index (χ2v) is 4.53. The number of para-hydroxylation sites is 1. The minimum absolute atomic E-state index is 0.241. The van der Waals surface area contributed by atoms with Crippen LogP contribution in [0.2, 0.25) is 0 Å². The van der Waals surface area contributed by atoms with Gasteiger partial charge in [0.1, 0.15) is 12.4 Å². The largest absolute Gasteiger partial charge is 0.508 e. The molecule has 3 nitrogen and oxygen atoms in total. The Balaban J connectivity index is 2.16. The third-order valence-corrected chi connectivity index (χ3v) is 3.11. The fraction of sp³-hybridized carbons (Fsp3) is 0.250. The molecular weight excluding hydrogens is 276 g/mol. The highest BCUT2D eigenvalue weighted by atomic mass is 35.5.